The number of aryl methyl sites for hydroxylation is 1. The molecule has 3 aliphatic carbocycles. The zero-order valence-corrected chi connectivity index (χ0v) is 39.2. The van der Waals surface area contributed by atoms with Crippen LogP contribution in [-0.4, -0.2) is 0 Å². The minimum Gasteiger partial charge on any atom is -0.455 e. The molecule has 0 unspecified atom stereocenters. The molecule has 10 aromatic carbocycles. The van der Waals surface area contributed by atoms with Gasteiger partial charge in [-0.25, -0.2) is 0 Å². The van der Waals surface area contributed by atoms with Crippen molar-refractivity contribution in [2.75, 3.05) is 4.90 Å². The Hall–Kier alpha value is -7.98. The summed E-state index contributed by atoms with van der Waals surface area (Å²) in [6.45, 7) is 4.76. The molecule has 0 saturated heterocycles. The molecule has 1 spiro atoms. The van der Waals surface area contributed by atoms with E-state index < -0.39 is 5.41 Å². The van der Waals surface area contributed by atoms with Crippen LogP contribution in [0.3, 0.4) is 0 Å². The molecular weight excluding hydrogens is 855 g/mol. The summed E-state index contributed by atoms with van der Waals surface area (Å²) >= 11 is 1.92. The molecule has 0 bridgehead atoms. The molecule has 0 fully saturated rings. The molecule has 11 aromatic rings. The van der Waals surface area contributed by atoms with Gasteiger partial charge in [0.15, 0.2) is 0 Å². The van der Waals surface area contributed by atoms with Gasteiger partial charge in [0.05, 0.1) is 11.1 Å². The van der Waals surface area contributed by atoms with Gasteiger partial charge in [-0.2, -0.15) is 0 Å². The molecule has 1 aromatic heterocycles. The summed E-state index contributed by atoms with van der Waals surface area (Å²) in [7, 11) is 0. The van der Waals surface area contributed by atoms with E-state index in [2.05, 4.69) is 231 Å². The molecule has 3 heteroatoms. The van der Waals surface area contributed by atoms with Gasteiger partial charge < -0.3 is 9.64 Å². The molecular formula is C66H45NOS. The highest BCUT2D eigenvalue weighted by molar-refractivity contribution is 7.20. The molecule has 1 aliphatic heterocycles. The molecule has 15 rings (SSSR count). The molecule has 326 valence electrons. The van der Waals surface area contributed by atoms with Crippen LogP contribution in [0.5, 0.6) is 11.5 Å². The van der Waals surface area contributed by atoms with Crippen LogP contribution in [0.15, 0.2) is 206 Å². The average molecular weight is 900 g/mol. The predicted molar refractivity (Wildman–Crippen MR) is 289 cm³/mol. The number of fused-ring (bicyclic) bond motifs is 19. The molecule has 0 saturated carbocycles. The van der Waals surface area contributed by atoms with Crippen LogP contribution >= 0.6 is 11.3 Å². The third-order valence-electron chi connectivity index (χ3n) is 16.0. The Bertz CT molecular complexity index is 3970. The van der Waals surface area contributed by atoms with Gasteiger partial charge in [-0.1, -0.05) is 178 Å². The summed E-state index contributed by atoms with van der Waals surface area (Å²) in [6, 6.07) is 75.3. The number of allylic oxidation sites excluding steroid dienone is 1. The highest BCUT2D eigenvalue weighted by Gasteiger charge is 2.52. The number of benzene rings is 10. The maximum atomic E-state index is 7.27. The molecule has 0 amide bonds. The van der Waals surface area contributed by atoms with Gasteiger partial charge in [-0.3, -0.25) is 0 Å². The second-order valence-electron chi connectivity index (χ2n) is 19.8. The van der Waals surface area contributed by atoms with E-state index in [0.717, 1.165) is 40.8 Å². The lowest BCUT2D eigenvalue weighted by Crippen LogP contribution is -2.32. The number of hydrogen-bond donors (Lipinski definition) is 0. The van der Waals surface area contributed by atoms with Crippen molar-refractivity contribution in [3.63, 3.8) is 0 Å². The second-order valence-corrected chi connectivity index (χ2v) is 20.9. The maximum Gasteiger partial charge on any atom is 0.140 e. The van der Waals surface area contributed by atoms with Crippen molar-refractivity contribution in [3.8, 4) is 44.9 Å². The van der Waals surface area contributed by atoms with Gasteiger partial charge in [-0.15, -0.1) is 11.3 Å². The van der Waals surface area contributed by atoms with Crippen LogP contribution in [-0.2, 0) is 17.3 Å². The number of rotatable bonds is 4. The standard InChI is InChI=1S/C66H45NOS/c1-65(2)53-24-10-8-23-51(53)62-55(65)26-14-27-59(62)67(45-32-36-61-52(39-45)50-22-9-12-28-60(50)69-61)44-18-13-17-42(37-44)43-29-33-49-48-21-7-11-25-54(48)66(58(49)38-43)56-34-30-40-15-3-5-19-46(40)63(56)68-64-47-20-6-4-16-41(47)31-35-57(64)66/h3-8,10-21,23-39H,9,22H2,1-2H3. The van der Waals surface area contributed by atoms with Crippen molar-refractivity contribution in [1.29, 1.82) is 0 Å². The van der Waals surface area contributed by atoms with E-state index in [4.69, 9.17) is 4.74 Å². The van der Waals surface area contributed by atoms with E-state index in [0.29, 0.717) is 0 Å². The molecule has 2 heterocycles. The van der Waals surface area contributed by atoms with Crippen LogP contribution in [0.1, 0.15) is 64.1 Å². The fraction of sp³-hybridized carbons (Fsp3) is 0.0909. The Labute approximate surface area is 406 Å². The number of nitrogens with zero attached hydrogens (tertiary/aromatic N) is 1. The Morgan fingerprint density at radius 1 is 0.478 bits per heavy atom. The summed E-state index contributed by atoms with van der Waals surface area (Å²) in [5, 5.41) is 5.95. The minimum atomic E-state index is -0.627. The third-order valence-corrected chi connectivity index (χ3v) is 17.2. The van der Waals surface area contributed by atoms with Gasteiger partial charge >= 0.3 is 0 Å². The van der Waals surface area contributed by atoms with Crippen LogP contribution in [0.25, 0.3) is 71.1 Å². The summed E-state index contributed by atoms with van der Waals surface area (Å²) in [4.78, 5) is 3.93. The van der Waals surface area contributed by atoms with E-state index in [1.165, 1.54) is 109 Å². The number of hydrogen-bond acceptors (Lipinski definition) is 3. The summed E-state index contributed by atoms with van der Waals surface area (Å²) in [5.74, 6) is 1.87. The van der Waals surface area contributed by atoms with Crippen LogP contribution in [0.4, 0.5) is 17.1 Å². The number of thiophene rings is 1. The van der Waals surface area contributed by atoms with E-state index in [1.807, 2.05) is 11.3 Å². The lowest BCUT2D eigenvalue weighted by atomic mass is 9.65. The molecule has 0 atom stereocenters. The summed E-state index contributed by atoms with van der Waals surface area (Å²) in [5.41, 5.74) is 19.4. The van der Waals surface area contributed by atoms with Gasteiger partial charge in [0, 0.05) is 53.8 Å². The Balaban J connectivity index is 0.967. The fourth-order valence-electron chi connectivity index (χ4n) is 12.9. The van der Waals surface area contributed by atoms with Crippen molar-refractivity contribution in [2.24, 2.45) is 0 Å². The first kappa shape index (κ1) is 39.1. The van der Waals surface area contributed by atoms with Gasteiger partial charge in [-0.05, 0) is 133 Å². The molecule has 0 N–H and O–H groups in total. The summed E-state index contributed by atoms with van der Waals surface area (Å²) in [6.07, 6.45) is 6.81. The van der Waals surface area contributed by atoms with Crippen molar-refractivity contribution in [3.05, 3.63) is 250 Å². The Kier molecular flexibility index (Phi) is 8.08. The SMILES string of the molecule is CC1(C)c2ccccc2-c2c(N(c3cccc(-c4ccc5c(c4)C4(c6ccccc6-5)c5ccc6ccccc6c5Oc5c4ccc4ccccc54)c3)c3ccc4sc5c(c4c3)CCC=C5)cccc21. The lowest BCUT2D eigenvalue weighted by Gasteiger charge is -2.40. The monoisotopic (exact) mass is 899 g/mol. The van der Waals surface area contributed by atoms with Crippen LogP contribution in [0, 0.1) is 0 Å². The van der Waals surface area contributed by atoms with E-state index >= 15 is 0 Å². The van der Waals surface area contributed by atoms with Crippen molar-refractivity contribution >= 4 is 66.1 Å². The largest absolute Gasteiger partial charge is 0.455 e. The van der Waals surface area contributed by atoms with Crippen molar-refractivity contribution in [2.45, 2.75) is 37.5 Å². The van der Waals surface area contributed by atoms with Gasteiger partial charge in [0.2, 0.25) is 0 Å². The first-order valence-electron chi connectivity index (χ1n) is 24.3. The quantitative estimate of drug-likeness (QED) is 0.174. The fourth-order valence-corrected chi connectivity index (χ4v) is 14.0. The first-order chi connectivity index (χ1) is 34.0. The number of ether oxygens (including phenoxy) is 1. The van der Waals surface area contributed by atoms with Crippen molar-refractivity contribution in [1.82, 2.24) is 0 Å². The highest BCUT2D eigenvalue weighted by atomic mass is 32.1. The van der Waals surface area contributed by atoms with E-state index in [-0.39, 0.29) is 5.41 Å². The van der Waals surface area contributed by atoms with Crippen LogP contribution < -0.4 is 9.64 Å². The topological polar surface area (TPSA) is 12.5 Å². The lowest BCUT2D eigenvalue weighted by molar-refractivity contribution is 0.447. The molecule has 69 heavy (non-hydrogen) atoms. The predicted octanol–water partition coefficient (Wildman–Crippen LogP) is 18.1. The van der Waals surface area contributed by atoms with E-state index in [1.54, 1.807) is 0 Å². The zero-order valence-electron chi connectivity index (χ0n) is 38.4. The Morgan fingerprint density at radius 3 is 1.93 bits per heavy atom. The second kappa shape index (κ2) is 14.3. The Morgan fingerprint density at radius 2 is 1.13 bits per heavy atom. The minimum absolute atomic E-state index is 0.129. The molecule has 2 nitrogen and oxygen atoms in total. The molecule has 0 radical (unpaired) electrons. The highest BCUT2D eigenvalue weighted by Crippen LogP contribution is 2.64. The van der Waals surface area contributed by atoms with Gasteiger partial charge in [0.1, 0.15) is 11.5 Å². The van der Waals surface area contributed by atoms with Crippen LogP contribution in [0.2, 0.25) is 0 Å². The smallest absolute Gasteiger partial charge is 0.140 e. The van der Waals surface area contributed by atoms with Gasteiger partial charge in [0.25, 0.3) is 0 Å². The average Bonchev–Trinajstić information content (AvgIpc) is 4.00. The first-order valence-corrected chi connectivity index (χ1v) is 25.1. The third kappa shape index (κ3) is 5.31. The maximum absolute atomic E-state index is 7.27. The van der Waals surface area contributed by atoms with Crippen molar-refractivity contribution < 1.29 is 4.74 Å². The van der Waals surface area contributed by atoms with E-state index in [9.17, 15) is 0 Å². The number of anilines is 3. The molecule has 4 aliphatic rings. The summed E-state index contributed by atoms with van der Waals surface area (Å²) < 4.78 is 8.62. The zero-order chi connectivity index (χ0) is 45.6. The normalized spacial score (nSPS) is 15.0.